The van der Waals surface area contributed by atoms with E-state index in [4.69, 9.17) is 11.5 Å². The molecule has 0 unspecified atom stereocenters. The lowest BCUT2D eigenvalue weighted by Crippen LogP contribution is -2.22. The zero-order valence-corrected chi connectivity index (χ0v) is 15.1. The molecule has 8 heteroatoms. The lowest BCUT2D eigenvalue weighted by molar-refractivity contribution is 1.02. The highest BCUT2D eigenvalue weighted by atomic mass is 35.5. The molecule has 2 aromatic heterocycles. The number of nitrogens with zero attached hydrogens (tertiary/aromatic N) is 3. The summed E-state index contributed by atoms with van der Waals surface area (Å²) in [6.07, 6.45) is 5.12. The van der Waals surface area contributed by atoms with E-state index in [0.717, 1.165) is 35.2 Å². The zero-order chi connectivity index (χ0) is 16.1. The minimum atomic E-state index is -0.0556. The first kappa shape index (κ1) is 20.5. The molecule has 3 rings (SSSR count). The van der Waals surface area contributed by atoms with E-state index in [9.17, 15) is 0 Å². The van der Waals surface area contributed by atoms with Gasteiger partial charge in [-0.2, -0.15) is 0 Å². The fraction of sp³-hybridized carbons (Fsp3) is 0.118. The molecule has 1 aromatic carbocycles. The van der Waals surface area contributed by atoms with Crippen LogP contribution in [0.25, 0.3) is 10.9 Å². The number of hydrogen-bond donors (Lipinski definition) is 3. The molecule has 0 fully saturated rings. The number of benzene rings is 1. The topological polar surface area (TPSA) is 105 Å². The van der Waals surface area contributed by atoms with E-state index in [1.165, 1.54) is 5.56 Å². The average Bonchev–Trinajstić information content (AvgIpc) is 2.99. The van der Waals surface area contributed by atoms with Gasteiger partial charge in [0.2, 0.25) is 5.96 Å². The minimum Gasteiger partial charge on any atom is -0.369 e. The maximum absolute atomic E-state index is 5.40. The zero-order valence-electron chi connectivity index (χ0n) is 13.4. The van der Waals surface area contributed by atoms with Crippen molar-refractivity contribution in [2.75, 3.05) is 0 Å². The molecule has 0 aliphatic rings. The molecule has 0 spiro atoms. The number of aryl methyl sites for hydroxylation is 1. The van der Waals surface area contributed by atoms with Gasteiger partial charge >= 0.3 is 0 Å². The van der Waals surface area contributed by atoms with E-state index in [1.807, 2.05) is 30.3 Å². The molecule has 0 saturated heterocycles. The molecule has 5 N–H and O–H groups in total. The number of nitrogens with two attached hydrogens (primary N) is 2. The summed E-state index contributed by atoms with van der Waals surface area (Å²) < 4.78 is 0. The van der Waals surface area contributed by atoms with Crippen molar-refractivity contribution in [3.63, 3.8) is 0 Å². The Kier molecular flexibility index (Phi) is 7.91. The third-order valence-corrected chi connectivity index (χ3v) is 3.51. The second-order valence-corrected chi connectivity index (χ2v) is 5.20. The van der Waals surface area contributed by atoms with Gasteiger partial charge in [0.1, 0.15) is 0 Å². The van der Waals surface area contributed by atoms with Crippen molar-refractivity contribution in [2.45, 2.75) is 12.8 Å². The predicted octanol–water partition coefficient (Wildman–Crippen LogP) is 3.02. The summed E-state index contributed by atoms with van der Waals surface area (Å²) in [6.45, 7) is 0. The Morgan fingerprint density at radius 3 is 2.48 bits per heavy atom. The van der Waals surface area contributed by atoms with Crippen LogP contribution in [0.3, 0.4) is 0 Å². The van der Waals surface area contributed by atoms with Crippen LogP contribution in [0.2, 0.25) is 0 Å². The summed E-state index contributed by atoms with van der Waals surface area (Å²) >= 11 is 0. The molecule has 0 aliphatic heterocycles. The summed E-state index contributed by atoms with van der Waals surface area (Å²) in [7, 11) is 0. The van der Waals surface area contributed by atoms with E-state index in [-0.39, 0.29) is 30.8 Å². The van der Waals surface area contributed by atoms with Crippen molar-refractivity contribution in [2.24, 2.45) is 21.7 Å². The molecule has 6 nitrogen and oxygen atoms in total. The van der Waals surface area contributed by atoms with Crippen LogP contribution in [0.15, 0.2) is 65.1 Å². The largest absolute Gasteiger partial charge is 0.369 e. The van der Waals surface area contributed by atoms with Crippen molar-refractivity contribution in [1.82, 2.24) is 9.97 Å². The summed E-state index contributed by atoms with van der Waals surface area (Å²) in [5.74, 6) is -0.0556. The van der Waals surface area contributed by atoms with Gasteiger partial charge < -0.3 is 16.5 Å². The highest BCUT2D eigenvalue weighted by Crippen LogP contribution is 2.16. The van der Waals surface area contributed by atoms with Gasteiger partial charge in [-0.3, -0.25) is 4.98 Å². The van der Waals surface area contributed by atoms with Gasteiger partial charge in [-0.25, -0.2) is 0 Å². The summed E-state index contributed by atoms with van der Waals surface area (Å²) in [5.41, 5.74) is 14.7. The maximum atomic E-state index is 5.40. The molecular weight excluding hydrogens is 359 g/mol. The van der Waals surface area contributed by atoms with Gasteiger partial charge in [-0.05, 0) is 30.5 Å². The summed E-state index contributed by atoms with van der Waals surface area (Å²) in [6, 6.07) is 14.2. The molecule has 0 radical (unpaired) electrons. The van der Waals surface area contributed by atoms with Crippen LogP contribution in [0.1, 0.15) is 17.7 Å². The number of halogens is 2. The van der Waals surface area contributed by atoms with Crippen molar-refractivity contribution in [1.29, 1.82) is 0 Å². The Morgan fingerprint density at radius 1 is 1.04 bits per heavy atom. The predicted molar refractivity (Wildman–Crippen MR) is 108 cm³/mol. The normalized spacial score (nSPS) is 10.6. The maximum Gasteiger partial charge on any atom is 0.211 e. The van der Waals surface area contributed by atoms with E-state index >= 15 is 0 Å². The molecule has 0 atom stereocenters. The number of aromatic amines is 1. The van der Waals surface area contributed by atoms with Crippen LogP contribution in [-0.2, 0) is 6.42 Å². The smallest absolute Gasteiger partial charge is 0.211 e. The van der Waals surface area contributed by atoms with Crippen molar-refractivity contribution in [3.8, 4) is 0 Å². The third-order valence-electron chi connectivity index (χ3n) is 3.51. The fourth-order valence-electron chi connectivity index (χ4n) is 2.39. The van der Waals surface area contributed by atoms with Crippen LogP contribution in [0, 0.1) is 0 Å². The Morgan fingerprint density at radius 2 is 1.80 bits per heavy atom. The van der Waals surface area contributed by atoms with E-state index in [1.54, 1.807) is 12.4 Å². The number of H-pyrrole nitrogens is 1. The highest BCUT2D eigenvalue weighted by Gasteiger charge is 2.09. The Hall–Kier alpha value is -2.57. The van der Waals surface area contributed by atoms with Crippen LogP contribution in [0.5, 0.6) is 0 Å². The van der Waals surface area contributed by atoms with Gasteiger partial charge in [0.25, 0.3) is 0 Å². The minimum absolute atomic E-state index is 0. The van der Waals surface area contributed by atoms with Gasteiger partial charge in [-0.1, -0.05) is 30.3 Å². The number of hydrogen-bond acceptors (Lipinski definition) is 3. The Balaban J connectivity index is 0.00000156. The monoisotopic (exact) mass is 378 g/mol. The SMILES string of the molecule is Cl.Cl.NC(N)=N/N=C(\CCc1ccccc1)c1cc2ccncc2[nH]1. The summed E-state index contributed by atoms with van der Waals surface area (Å²) in [4.78, 5) is 7.43. The van der Waals surface area contributed by atoms with E-state index < -0.39 is 0 Å². The number of guanidine groups is 1. The number of aromatic nitrogens is 2. The number of fused-ring (bicyclic) bond motifs is 1. The fourth-order valence-corrected chi connectivity index (χ4v) is 2.39. The van der Waals surface area contributed by atoms with Crippen LogP contribution in [0.4, 0.5) is 0 Å². The molecular formula is C17H20Cl2N6. The van der Waals surface area contributed by atoms with Crippen molar-refractivity contribution >= 4 is 47.4 Å². The lowest BCUT2D eigenvalue weighted by Gasteiger charge is -2.03. The standard InChI is InChI=1S/C17H18N6.2ClH/c18-17(19)23-22-14(7-6-12-4-2-1-3-5-12)15-10-13-8-9-20-11-16(13)21-15;;/h1-5,8-11,21H,6-7H2,(H4,18,19,23);2*1H/b22-14+;;. The summed E-state index contributed by atoms with van der Waals surface area (Å²) in [5, 5.41) is 9.09. The first-order chi connectivity index (χ1) is 11.2. The molecule has 0 saturated carbocycles. The Bertz CT molecular complexity index is 821. The second-order valence-electron chi connectivity index (χ2n) is 5.20. The quantitative estimate of drug-likeness (QED) is 0.360. The molecule has 25 heavy (non-hydrogen) atoms. The highest BCUT2D eigenvalue weighted by molar-refractivity contribution is 6.03. The van der Waals surface area contributed by atoms with E-state index in [0.29, 0.717) is 0 Å². The molecule has 0 aliphatic carbocycles. The van der Waals surface area contributed by atoms with Gasteiger partial charge in [-0.15, -0.1) is 35.0 Å². The first-order valence-corrected chi connectivity index (χ1v) is 7.35. The molecule has 132 valence electrons. The molecule has 2 heterocycles. The van der Waals surface area contributed by atoms with Crippen LogP contribution in [-0.4, -0.2) is 21.6 Å². The van der Waals surface area contributed by atoms with Crippen molar-refractivity contribution in [3.05, 3.63) is 66.1 Å². The van der Waals surface area contributed by atoms with Gasteiger partial charge in [0.15, 0.2) is 0 Å². The molecule has 3 aromatic rings. The van der Waals surface area contributed by atoms with Gasteiger partial charge in [0.05, 0.1) is 23.1 Å². The molecule has 0 bridgehead atoms. The first-order valence-electron chi connectivity index (χ1n) is 7.35. The number of pyridine rings is 1. The van der Waals surface area contributed by atoms with Crippen LogP contribution < -0.4 is 11.5 Å². The lowest BCUT2D eigenvalue weighted by atomic mass is 10.1. The average molecular weight is 379 g/mol. The van der Waals surface area contributed by atoms with E-state index in [2.05, 4.69) is 32.3 Å². The van der Waals surface area contributed by atoms with Gasteiger partial charge in [0, 0.05) is 11.6 Å². The molecule has 0 amide bonds. The third kappa shape index (κ3) is 5.48. The van der Waals surface area contributed by atoms with Crippen molar-refractivity contribution < 1.29 is 0 Å². The second kappa shape index (κ2) is 9.66. The Labute approximate surface area is 158 Å². The number of nitrogens with one attached hydrogen (secondary N) is 1. The van der Waals surface area contributed by atoms with Crippen LogP contribution >= 0.6 is 24.8 Å². The number of rotatable bonds is 5.